The molecule has 0 aliphatic carbocycles. The van der Waals surface area contributed by atoms with Crippen LogP contribution in [-0.2, 0) is 6.54 Å². The van der Waals surface area contributed by atoms with E-state index in [9.17, 15) is 13.6 Å². The van der Waals surface area contributed by atoms with Crippen molar-refractivity contribution in [3.8, 4) is 0 Å². The first-order chi connectivity index (χ1) is 13.4. The van der Waals surface area contributed by atoms with Gasteiger partial charge in [-0.25, -0.2) is 13.8 Å². The summed E-state index contributed by atoms with van der Waals surface area (Å²) in [5.41, 5.74) is 2.33. The van der Waals surface area contributed by atoms with Gasteiger partial charge in [-0.2, -0.15) is 0 Å². The molecule has 1 heterocycles. The van der Waals surface area contributed by atoms with Crippen molar-refractivity contribution in [2.45, 2.75) is 26.4 Å². The largest absolute Gasteiger partial charge is 0.354 e. The van der Waals surface area contributed by atoms with Gasteiger partial charge in [0.05, 0.1) is 11.9 Å². The Labute approximate surface area is 162 Å². The third-order valence-electron chi connectivity index (χ3n) is 4.27. The van der Waals surface area contributed by atoms with Crippen molar-refractivity contribution < 1.29 is 13.6 Å². The summed E-state index contributed by atoms with van der Waals surface area (Å²) >= 11 is 0. The number of hydrogen-bond donors (Lipinski definition) is 1. The predicted molar refractivity (Wildman–Crippen MR) is 105 cm³/mol. The average Bonchev–Trinajstić information content (AvgIpc) is 2.69. The fourth-order valence-corrected chi connectivity index (χ4v) is 2.75. The van der Waals surface area contributed by atoms with Crippen LogP contribution < -0.4 is 5.32 Å². The zero-order valence-electron chi connectivity index (χ0n) is 15.7. The molecule has 0 spiro atoms. The summed E-state index contributed by atoms with van der Waals surface area (Å²) in [5.74, 6) is -2.01. The Bertz CT molecular complexity index is 944. The maximum Gasteiger partial charge on any atom is 0.272 e. The van der Waals surface area contributed by atoms with Gasteiger partial charge in [0.1, 0.15) is 5.69 Å². The van der Waals surface area contributed by atoms with Crippen molar-refractivity contribution in [2.24, 2.45) is 0 Å². The van der Waals surface area contributed by atoms with Gasteiger partial charge in [-0.3, -0.25) is 4.79 Å². The SMILES string of the molecule is CC(C)N(Cc1ccccc1)C(=O)c1ccc(Nc2ccc(F)c(F)c2)cn1. The van der Waals surface area contributed by atoms with E-state index in [1.807, 2.05) is 44.2 Å². The highest BCUT2D eigenvalue weighted by atomic mass is 19.2. The van der Waals surface area contributed by atoms with Crippen molar-refractivity contribution in [3.63, 3.8) is 0 Å². The average molecular weight is 381 g/mol. The molecule has 1 amide bonds. The number of carbonyl (C=O) groups excluding carboxylic acids is 1. The van der Waals surface area contributed by atoms with Crippen LogP contribution in [0, 0.1) is 11.6 Å². The van der Waals surface area contributed by atoms with Crippen LogP contribution in [0.3, 0.4) is 0 Å². The standard InChI is InChI=1S/C22H21F2N3O/c1-15(2)27(14-16-6-4-3-5-7-16)22(28)21-11-9-18(13-25-21)26-17-8-10-19(23)20(24)12-17/h3-13,15,26H,14H2,1-2H3. The number of amides is 1. The van der Waals surface area contributed by atoms with Gasteiger partial charge in [-0.1, -0.05) is 30.3 Å². The molecule has 3 rings (SSSR count). The van der Waals surface area contributed by atoms with Crippen molar-refractivity contribution in [2.75, 3.05) is 5.32 Å². The van der Waals surface area contributed by atoms with Gasteiger partial charge in [0, 0.05) is 24.3 Å². The maximum atomic E-state index is 13.3. The summed E-state index contributed by atoms with van der Waals surface area (Å²) < 4.78 is 26.3. The molecule has 0 fully saturated rings. The van der Waals surface area contributed by atoms with E-state index in [-0.39, 0.29) is 11.9 Å². The lowest BCUT2D eigenvalue weighted by Crippen LogP contribution is -2.36. The van der Waals surface area contributed by atoms with Crippen LogP contribution >= 0.6 is 0 Å². The quantitative estimate of drug-likeness (QED) is 0.642. The highest BCUT2D eigenvalue weighted by Gasteiger charge is 2.20. The van der Waals surface area contributed by atoms with E-state index in [1.54, 1.807) is 17.0 Å². The second-order valence-electron chi connectivity index (χ2n) is 6.70. The molecule has 0 saturated carbocycles. The van der Waals surface area contributed by atoms with Gasteiger partial charge in [0.2, 0.25) is 0 Å². The van der Waals surface area contributed by atoms with Gasteiger partial charge in [0.25, 0.3) is 5.91 Å². The normalized spacial score (nSPS) is 10.8. The molecule has 1 aromatic heterocycles. The summed E-state index contributed by atoms with van der Waals surface area (Å²) in [4.78, 5) is 18.9. The Hall–Kier alpha value is -3.28. The van der Waals surface area contributed by atoms with E-state index >= 15 is 0 Å². The van der Waals surface area contributed by atoms with Gasteiger partial charge < -0.3 is 10.2 Å². The number of nitrogens with one attached hydrogen (secondary N) is 1. The minimum atomic E-state index is -0.932. The van der Waals surface area contributed by atoms with E-state index in [0.717, 1.165) is 17.7 Å². The summed E-state index contributed by atoms with van der Waals surface area (Å²) in [6.07, 6.45) is 1.50. The second kappa shape index (κ2) is 8.61. The lowest BCUT2D eigenvalue weighted by Gasteiger charge is -2.26. The molecule has 0 unspecified atom stereocenters. The Morgan fingerprint density at radius 3 is 2.32 bits per heavy atom. The number of rotatable bonds is 6. The Balaban J connectivity index is 1.73. The van der Waals surface area contributed by atoms with Gasteiger partial charge in [-0.05, 0) is 43.7 Å². The molecule has 0 bridgehead atoms. The molecule has 4 nitrogen and oxygen atoms in total. The van der Waals surface area contributed by atoms with Gasteiger partial charge >= 0.3 is 0 Å². The minimum Gasteiger partial charge on any atom is -0.354 e. The molecule has 3 aromatic rings. The summed E-state index contributed by atoms with van der Waals surface area (Å²) in [5, 5.41) is 2.94. The molecule has 28 heavy (non-hydrogen) atoms. The smallest absolute Gasteiger partial charge is 0.272 e. The Morgan fingerprint density at radius 1 is 1.00 bits per heavy atom. The fraction of sp³-hybridized carbons (Fsp3) is 0.182. The first-order valence-electron chi connectivity index (χ1n) is 8.97. The van der Waals surface area contributed by atoms with Crippen molar-refractivity contribution in [1.82, 2.24) is 9.88 Å². The number of anilines is 2. The predicted octanol–water partition coefficient (Wildman–Crippen LogP) is 5.15. The summed E-state index contributed by atoms with van der Waals surface area (Å²) in [7, 11) is 0. The molecular formula is C22H21F2N3O. The number of halogens is 2. The second-order valence-corrected chi connectivity index (χ2v) is 6.70. The van der Waals surface area contributed by atoms with E-state index in [0.29, 0.717) is 23.6 Å². The van der Waals surface area contributed by atoms with Crippen LogP contribution in [0.2, 0.25) is 0 Å². The molecule has 144 valence electrons. The molecular weight excluding hydrogens is 360 g/mol. The van der Waals surface area contributed by atoms with Crippen molar-refractivity contribution >= 4 is 17.3 Å². The first kappa shape index (κ1) is 19.5. The molecule has 2 aromatic carbocycles. The number of benzene rings is 2. The third-order valence-corrected chi connectivity index (χ3v) is 4.27. The lowest BCUT2D eigenvalue weighted by atomic mass is 10.1. The van der Waals surface area contributed by atoms with E-state index < -0.39 is 11.6 Å². The third kappa shape index (κ3) is 4.71. The molecule has 0 aliphatic heterocycles. The van der Waals surface area contributed by atoms with Crippen LogP contribution in [0.1, 0.15) is 29.9 Å². The fourth-order valence-electron chi connectivity index (χ4n) is 2.75. The van der Waals surface area contributed by atoms with Crippen molar-refractivity contribution in [3.05, 3.63) is 89.8 Å². The summed E-state index contributed by atoms with van der Waals surface area (Å²) in [6, 6.07) is 16.6. The van der Waals surface area contributed by atoms with E-state index in [1.165, 1.54) is 12.3 Å². The van der Waals surface area contributed by atoms with Crippen LogP contribution in [-0.4, -0.2) is 21.8 Å². The topological polar surface area (TPSA) is 45.2 Å². The number of pyridine rings is 1. The Kier molecular flexibility index (Phi) is 5.99. The zero-order valence-corrected chi connectivity index (χ0v) is 15.7. The molecule has 0 saturated heterocycles. The van der Waals surface area contributed by atoms with E-state index in [2.05, 4.69) is 10.3 Å². The van der Waals surface area contributed by atoms with Crippen LogP contribution in [0.25, 0.3) is 0 Å². The number of aromatic nitrogens is 1. The van der Waals surface area contributed by atoms with Gasteiger partial charge in [-0.15, -0.1) is 0 Å². The number of carbonyl (C=O) groups is 1. The minimum absolute atomic E-state index is 0.00879. The van der Waals surface area contributed by atoms with Crippen molar-refractivity contribution in [1.29, 1.82) is 0 Å². The molecule has 0 radical (unpaired) electrons. The lowest BCUT2D eigenvalue weighted by molar-refractivity contribution is 0.0684. The molecule has 0 aliphatic rings. The molecule has 1 N–H and O–H groups in total. The highest BCUT2D eigenvalue weighted by Crippen LogP contribution is 2.19. The zero-order chi connectivity index (χ0) is 20.1. The molecule has 0 atom stereocenters. The maximum absolute atomic E-state index is 13.3. The summed E-state index contributed by atoms with van der Waals surface area (Å²) in [6.45, 7) is 4.41. The van der Waals surface area contributed by atoms with Crippen LogP contribution in [0.15, 0.2) is 66.9 Å². The highest BCUT2D eigenvalue weighted by molar-refractivity contribution is 5.92. The number of hydrogen-bond acceptors (Lipinski definition) is 3. The van der Waals surface area contributed by atoms with Crippen LogP contribution in [0.5, 0.6) is 0 Å². The van der Waals surface area contributed by atoms with Crippen LogP contribution in [0.4, 0.5) is 20.2 Å². The number of nitrogens with zero attached hydrogens (tertiary/aromatic N) is 2. The van der Waals surface area contributed by atoms with E-state index in [4.69, 9.17) is 0 Å². The first-order valence-corrected chi connectivity index (χ1v) is 8.97. The monoisotopic (exact) mass is 381 g/mol. The van der Waals surface area contributed by atoms with Gasteiger partial charge in [0.15, 0.2) is 11.6 Å². The molecule has 6 heteroatoms. The Morgan fingerprint density at radius 2 is 1.71 bits per heavy atom.